The number of hydrogen-bond acceptors (Lipinski definition) is 4. The van der Waals surface area contributed by atoms with Crippen molar-refractivity contribution < 1.29 is 14.3 Å². The molecule has 118 valence electrons. The van der Waals surface area contributed by atoms with E-state index in [2.05, 4.69) is 5.32 Å². The Bertz CT molecular complexity index is 896. The van der Waals surface area contributed by atoms with Crippen LogP contribution < -0.4 is 11.1 Å². The summed E-state index contributed by atoms with van der Waals surface area (Å²) in [6, 6.07) is 13.9. The molecular weight excluding hydrogens is 296 g/mol. The molecule has 2 aromatic carbocycles. The predicted molar refractivity (Wildman–Crippen MR) is 86.1 cm³/mol. The summed E-state index contributed by atoms with van der Waals surface area (Å²) in [6.45, 7) is 0. The van der Waals surface area contributed by atoms with Crippen molar-refractivity contribution in [2.75, 3.05) is 5.32 Å². The fraction of sp³-hybridized carbons (Fsp3) is 0.176. The van der Waals surface area contributed by atoms with Gasteiger partial charge in [-0.25, -0.2) is 4.79 Å². The highest BCUT2D eigenvalue weighted by molar-refractivity contribution is 5.93. The van der Waals surface area contributed by atoms with Gasteiger partial charge in [0.1, 0.15) is 0 Å². The molecule has 0 aliphatic rings. The SMILES string of the molecule is Cn1c(=O)oc2ccc(NC(=O)CC(O)c3ccccc3)cc21. The van der Waals surface area contributed by atoms with Crippen LogP contribution in [0.3, 0.4) is 0 Å². The van der Waals surface area contributed by atoms with Gasteiger partial charge in [0.15, 0.2) is 5.58 Å². The molecule has 23 heavy (non-hydrogen) atoms. The van der Waals surface area contributed by atoms with Gasteiger partial charge in [-0.05, 0) is 23.8 Å². The van der Waals surface area contributed by atoms with Crippen LogP contribution in [0.1, 0.15) is 18.1 Å². The Labute approximate surface area is 132 Å². The topological polar surface area (TPSA) is 84.5 Å². The van der Waals surface area contributed by atoms with Crippen molar-refractivity contribution in [3.8, 4) is 0 Å². The molecule has 0 saturated heterocycles. The number of aliphatic hydroxyl groups excluding tert-OH is 1. The molecule has 1 amide bonds. The van der Waals surface area contributed by atoms with Crippen LogP contribution in [0.5, 0.6) is 0 Å². The molecule has 0 fully saturated rings. The number of oxazole rings is 1. The van der Waals surface area contributed by atoms with Gasteiger partial charge in [0.2, 0.25) is 5.91 Å². The molecule has 2 N–H and O–H groups in total. The van der Waals surface area contributed by atoms with Gasteiger partial charge >= 0.3 is 5.76 Å². The average molecular weight is 312 g/mol. The number of aryl methyl sites for hydroxylation is 1. The molecule has 6 nitrogen and oxygen atoms in total. The number of rotatable bonds is 4. The molecule has 6 heteroatoms. The lowest BCUT2D eigenvalue weighted by molar-refractivity contribution is -0.118. The van der Waals surface area contributed by atoms with Crippen molar-refractivity contribution in [3.05, 3.63) is 64.6 Å². The van der Waals surface area contributed by atoms with Gasteiger partial charge in [-0.2, -0.15) is 0 Å². The first-order chi connectivity index (χ1) is 11.0. The van der Waals surface area contributed by atoms with Gasteiger partial charge in [-0.3, -0.25) is 9.36 Å². The summed E-state index contributed by atoms with van der Waals surface area (Å²) in [5, 5.41) is 12.8. The minimum atomic E-state index is -0.863. The van der Waals surface area contributed by atoms with Crippen LogP contribution >= 0.6 is 0 Å². The number of fused-ring (bicyclic) bond motifs is 1. The van der Waals surface area contributed by atoms with Gasteiger partial charge in [0.25, 0.3) is 0 Å². The Kier molecular flexibility index (Phi) is 3.99. The second kappa shape index (κ2) is 6.10. The van der Waals surface area contributed by atoms with Crippen molar-refractivity contribution in [3.63, 3.8) is 0 Å². The van der Waals surface area contributed by atoms with Crippen LogP contribution in [0.15, 0.2) is 57.7 Å². The first kappa shape index (κ1) is 15.1. The fourth-order valence-electron chi connectivity index (χ4n) is 2.39. The molecule has 0 saturated carbocycles. The Hall–Kier alpha value is -2.86. The number of nitrogens with one attached hydrogen (secondary N) is 1. The second-order valence-corrected chi connectivity index (χ2v) is 5.29. The largest absolute Gasteiger partial charge is 0.419 e. The van der Waals surface area contributed by atoms with Crippen molar-refractivity contribution in [1.29, 1.82) is 0 Å². The highest BCUT2D eigenvalue weighted by Crippen LogP contribution is 2.20. The minimum absolute atomic E-state index is 0.0492. The van der Waals surface area contributed by atoms with Gasteiger partial charge in [0, 0.05) is 12.7 Å². The van der Waals surface area contributed by atoms with Crippen LogP contribution in [0.2, 0.25) is 0 Å². The number of amides is 1. The van der Waals surface area contributed by atoms with E-state index < -0.39 is 11.9 Å². The third-order valence-corrected chi connectivity index (χ3v) is 3.64. The summed E-state index contributed by atoms with van der Waals surface area (Å²) in [6.07, 6.45) is -0.912. The Morgan fingerprint density at radius 3 is 2.74 bits per heavy atom. The lowest BCUT2D eigenvalue weighted by Crippen LogP contribution is -2.15. The normalized spacial score (nSPS) is 12.3. The standard InChI is InChI=1S/C17H16N2O4/c1-19-13-9-12(7-8-15(13)23-17(19)22)18-16(21)10-14(20)11-5-3-2-4-6-11/h2-9,14,20H,10H2,1H3,(H,18,21). The first-order valence-electron chi connectivity index (χ1n) is 7.17. The summed E-state index contributed by atoms with van der Waals surface area (Å²) in [7, 11) is 1.60. The number of anilines is 1. The van der Waals surface area contributed by atoms with Crippen LogP contribution in [-0.2, 0) is 11.8 Å². The minimum Gasteiger partial charge on any atom is -0.408 e. The third kappa shape index (κ3) is 3.17. The molecule has 0 bridgehead atoms. The van der Waals surface area contributed by atoms with Crippen LogP contribution in [0.25, 0.3) is 11.1 Å². The molecule has 1 heterocycles. The molecular formula is C17H16N2O4. The Morgan fingerprint density at radius 1 is 1.26 bits per heavy atom. The number of benzene rings is 2. The zero-order valence-corrected chi connectivity index (χ0v) is 12.5. The van der Waals surface area contributed by atoms with Crippen molar-refractivity contribution in [2.24, 2.45) is 7.05 Å². The summed E-state index contributed by atoms with van der Waals surface area (Å²) >= 11 is 0. The van der Waals surface area contributed by atoms with Crippen molar-refractivity contribution in [2.45, 2.75) is 12.5 Å². The number of aromatic nitrogens is 1. The maximum absolute atomic E-state index is 12.1. The van der Waals surface area contributed by atoms with E-state index in [-0.39, 0.29) is 12.3 Å². The van der Waals surface area contributed by atoms with E-state index in [4.69, 9.17) is 4.42 Å². The molecule has 3 rings (SSSR count). The quantitative estimate of drug-likeness (QED) is 0.773. The maximum atomic E-state index is 12.1. The molecule has 1 atom stereocenters. The average Bonchev–Trinajstić information content (AvgIpc) is 2.83. The number of nitrogens with zero attached hydrogens (tertiary/aromatic N) is 1. The van der Waals surface area contributed by atoms with Gasteiger partial charge in [-0.15, -0.1) is 0 Å². The molecule has 3 aromatic rings. The lowest BCUT2D eigenvalue weighted by atomic mass is 10.1. The summed E-state index contributed by atoms with van der Waals surface area (Å²) in [5.74, 6) is -0.767. The number of aliphatic hydroxyl groups is 1. The third-order valence-electron chi connectivity index (χ3n) is 3.64. The van der Waals surface area contributed by atoms with Crippen LogP contribution in [0.4, 0.5) is 5.69 Å². The monoisotopic (exact) mass is 312 g/mol. The second-order valence-electron chi connectivity index (χ2n) is 5.29. The van der Waals surface area contributed by atoms with E-state index in [0.29, 0.717) is 22.4 Å². The molecule has 0 spiro atoms. The smallest absolute Gasteiger partial charge is 0.408 e. The van der Waals surface area contributed by atoms with Crippen LogP contribution in [0, 0.1) is 0 Å². The number of carbonyl (C=O) groups is 1. The summed E-state index contributed by atoms with van der Waals surface area (Å²) in [5.41, 5.74) is 2.28. The molecule has 0 aliphatic heterocycles. The van der Waals surface area contributed by atoms with Gasteiger partial charge in [-0.1, -0.05) is 30.3 Å². The van der Waals surface area contributed by atoms with E-state index in [9.17, 15) is 14.7 Å². The highest BCUT2D eigenvalue weighted by Gasteiger charge is 2.14. The Balaban J connectivity index is 1.73. The maximum Gasteiger partial charge on any atom is 0.419 e. The summed E-state index contributed by atoms with van der Waals surface area (Å²) < 4.78 is 6.40. The van der Waals surface area contributed by atoms with E-state index in [0.717, 1.165) is 0 Å². The fourth-order valence-corrected chi connectivity index (χ4v) is 2.39. The van der Waals surface area contributed by atoms with E-state index in [1.54, 1.807) is 37.4 Å². The van der Waals surface area contributed by atoms with Crippen molar-refractivity contribution >= 4 is 22.7 Å². The number of hydrogen-bond donors (Lipinski definition) is 2. The van der Waals surface area contributed by atoms with Gasteiger partial charge < -0.3 is 14.8 Å². The zero-order chi connectivity index (χ0) is 16.4. The van der Waals surface area contributed by atoms with Crippen LogP contribution in [-0.4, -0.2) is 15.6 Å². The zero-order valence-electron chi connectivity index (χ0n) is 12.5. The van der Waals surface area contributed by atoms with Gasteiger partial charge in [0.05, 0.1) is 18.0 Å². The predicted octanol–water partition coefficient (Wildman–Crippen LogP) is 2.19. The van der Waals surface area contributed by atoms with E-state index in [1.165, 1.54) is 4.57 Å². The highest BCUT2D eigenvalue weighted by atomic mass is 16.4. The molecule has 0 aliphatic carbocycles. The number of carbonyl (C=O) groups excluding carboxylic acids is 1. The van der Waals surface area contributed by atoms with E-state index >= 15 is 0 Å². The molecule has 0 radical (unpaired) electrons. The summed E-state index contributed by atoms with van der Waals surface area (Å²) in [4.78, 5) is 23.5. The lowest BCUT2D eigenvalue weighted by Gasteiger charge is -2.11. The molecule has 1 unspecified atom stereocenters. The first-order valence-corrected chi connectivity index (χ1v) is 7.17. The Morgan fingerprint density at radius 2 is 2.00 bits per heavy atom. The van der Waals surface area contributed by atoms with E-state index in [1.807, 2.05) is 18.2 Å². The molecule has 1 aromatic heterocycles. The van der Waals surface area contributed by atoms with Crippen molar-refractivity contribution in [1.82, 2.24) is 4.57 Å².